The second-order valence-electron chi connectivity index (χ2n) is 1.85. The van der Waals surface area contributed by atoms with Crippen LogP contribution >= 0.6 is 11.6 Å². The average molecular weight is 165 g/mol. The highest BCUT2D eigenvalue weighted by Crippen LogP contribution is 2.14. The molecular weight excluding hydrogens is 162 g/mol. The second-order valence-corrected chi connectivity index (χ2v) is 2.25. The molecule has 0 fully saturated rings. The van der Waals surface area contributed by atoms with Gasteiger partial charge in [-0.2, -0.15) is 5.26 Å². The van der Waals surface area contributed by atoms with Gasteiger partial charge in [-0.25, -0.2) is 0 Å². The van der Waals surface area contributed by atoms with E-state index in [-0.39, 0.29) is 10.6 Å². The number of nitrogens with zero attached hydrogens (tertiary/aromatic N) is 1. The number of rotatable bonds is 1. The molecule has 11 heavy (non-hydrogen) atoms. The van der Waals surface area contributed by atoms with Crippen LogP contribution in [0.2, 0.25) is 5.02 Å². The molecule has 0 N–H and O–H groups in total. The summed E-state index contributed by atoms with van der Waals surface area (Å²) >= 11 is 5.59. The van der Waals surface area contributed by atoms with E-state index in [2.05, 4.69) is 6.07 Å². The number of carbonyl (C=O) groups excluding carboxylic acids is 1. The minimum absolute atomic E-state index is 0.230. The molecule has 0 amide bonds. The Morgan fingerprint density at radius 1 is 1.73 bits per heavy atom. The normalized spacial score (nSPS) is 8.73. The van der Waals surface area contributed by atoms with E-state index in [0.29, 0.717) is 0 Å². The quantitative estimate of drug-likeness (QED) is 0.470. The number of Topliss-reactive ketones (excluding diaryl/α,β-unsaturated/α-hetero) is 1. The molecule has 0 spiro atoms. The molecule has 0 bridgehead atoms. The maximum atomic E-state index is 10.8. The lowest BCUT2D eigenvalue weighted by Gasteiger charge is -1.93. The van der Waals surface area contributed by atoms with E-state index in [9.17, 15) is 4.79 Å². The van der Waals surface area contributed by atoms with Crippen LogP contribution < -0.4 is 0 Å². The standard InChI is InChI=1S/C8H3ClNO/c9-7-4-2-1-3-6(7)8(11)5-10/h1,3-4H. The molecule has 0 atom stereocenters. The zero-order chi connectivity index (χ0) is 8.27. The molecule has 0 saturated carbocycles. The van der Waals surface area contributed by atoms with Crippen molar-refractivity contribution in [3.05, 3.63) is 34.9 Å². The van der Waals surface area contributed by atoms with Gasteiger partial charge in [-0.15, -0.1) is 0 Å². The van der Waals surface area contributed by atoms with E-state index in [1.165, 1.54) is 24.3 Å². The van der Waals surface area contributed by atoms with Gasteiger partial charge in [0.05, 0.1) is 10.6 Å². The van der Waals surface area contributed by atoms with Crippen molar-refractivity contribution in [2.75, 3.05) is 0 Å². The van der Waals surface area contributed by atoms with E-state index < -0.39 is 5.78 Å². The summed E-state index contributed by atoms with van der Waals surface area (Å²) in [4.78, 5) is 10.8. The Morgan fingerprint density at radius 3 is 3.00 bits per heavy atom. The van der Waals surface area contributed by atoms with E-state index >= 15 is 0 Å². The maximum Gasteiger partial charge on any atom is 0.263 e. The summed E-state index contributed by atoms with van der Waals surface area (Å²) in [6, 6.07) is 8.63. The zero-order valence-corrected chi connectivity index (χ0v) is 6.22. The first-order chi connectivity index (χ1) is 5.25. The van der Waals surface area contributed by atoms with Gasteiger partial charge >= 0.3 is 0 Å². The summed E-state index contributed by atoms with van der Waals surface area (Å²) in [7, 11) is 0. The number of ketones is 1. The summed E-state index contributed by atoms with van der Waals surface area (Å²) < 4.78 is 0. The van der Waals surface area contributed by atoms with Gasteiger partial charge < -0.3 is 0 Å². The molecule has 0 saturated heterocycles. The molecule has 1 rings (SSSR count). The Labute approximate surface area is 69.0 Å². The van der Waals surface area contributed by atoms with Gasteiger partial charge in [0.25, 0.3) is 5.78 Å². The minimum Gasteiger partial charge on any atom is -0.277 e. The number of carbonyl (C=O) groups is 1. The van der Waals surface area contributed by atoms with Crippen LogP contribution in [-0.4, -0.2) is 5.78 Å². The first kappa shape index (κ1) is 7.77. The summed E-state index contributed by atoms with van der Waals surface area (Å²) in [5.74, 6) is -0.621. The van der Waals surface area contributed by atoms with Crippen LogP contribution in [0.15, 0.2) is 18.2 Å². The molecular formula is C8H3ClNO. The van der Waals surface area contributed by atoms with Crippen LogP contribution in [0.3, 0.4) is 0 Å². The van der Waals surface area contributed by atoms with Gasteiger partial charge in [0.15, 0.2) is 0 Å². The summed E-state index contributed by atoms with van der Waals surface area (Å²) in [6.07, 6.45) is 0. The van der Waals surface area contributed by atoms with Gasteiger partial charge in [-0.1, -0.05) is 17.7 Å². The summed E-state index contributed by atoms with van der Waals surface area (Å²) in [6.45, 7) is 0. The Balaban J connectivity index is 3.16. The third-order valence-corrected chi connectivity index (χ3v) is 1.47. The Hall–Kier alpha value is -1.33. The van der Waals surface area contributed by atoms with Gasteiger partial charge in [0, 0.05) is 0 Å². The molecule has 0 unspecified atom stereocenters. The highest BCUT2D eigenvalue weighted by Gasteiger charge is 2.06. The lowest BCUT2D eigenvalue weighted by Crippen LogP contribution is -1.94. The third-order valence-electron chi connectivity index (χ3n) is 1.16. The second kappa shape index (κ2) is 3.18. The van der Waals surface area contributed by atoms with Crippen LogP contribution in [0.25, 0.3) is 0 Å². The maximum absolute atomic E-state index is 10.8. The van der Waals surface area contributed by atoms with Gasteiger partial charge in [-0.05, 0) is 18.2 Å². The molecule has 0 aliphatic heterocycles. The van der Waals surface area contributed by atoms with Crippen molar-refractivity contribution in [3.8, 4) is 6.07 Å². The smallest absolute Gasteiger partial charge is 0.263 e. The van der Waals surface area contributed by atoms with Gasteiger partial charge in [0.1, 0.15) is 6.07 Å². The summed E-state index contributed by atoms with van der Waals surface area (Å²) in [5.41, 5.74) is 0.230. The van der Waals surface area contributed by atoms with Crippen LogP contribution in [0.1, 0.15) is 10.4 Å². The fraction of sp³-hybridized carbons (Fsp3) is 0. The van der Waals surface area contributed by atoms with Gasteiger partial charge in [-0.3, -0.25) is 4.79 Å². The van der Waals surface area contributed by atoms with Crippen molar-refractivity contribution in [1.29, 1.82) is 5.26 Å². The van der Waals surface area contributed by atoms with Crippen molar-refractivity contribution < 1.29 is 4.79 Å². The molecule has 2 nitrogen and oxygen atoms in total. The highest BCUT2D eigenvalue weighted by atomic mass is 35.5. The minimum atomic E-state index is -0.621. The summed E-state index contributed by atoms with van der Waals surface area (Å²) in [5, 5.41) is 8.51. The molecule has 1 aromatic carbocycles. The highest BCUT2D eigenvalue weighted by molar-refractivity contribution is 6.34. The largest absolute Gasteiger partial charge is 0.277 e. The van der Waals surface area contributed by atoms with E-state index in [1.54, 1.807) is 0 Å². The van der Waals surface area contributed by atoms with Crippen molar-refractivity contribution in [2.24, 2.45) is 0 Å². The number of hydrogen-bond donors (Lipinski definition) is 0. The Kier molecular flexibility index (Phi) is 2.25. The van der Waals surface area contributed by atoms with Gasteiger partial charge in [0.2, 0.25) is 0 Å². The molecule has 0 aliphatic carbocycles. The number of benzene rings is 1. The van der Waals surface area contributed by atoms with Crippen molar-refractivity contribution >= 4 is 17.4 Å². The molecule has 3 heteroatoms. The molecule has 0 aromatic heterocycles. The zero-order valence-electron chi connectivity index (χ0n) is 5.47. The van der Waals surface area contributed by atoms with Crippen LogP contribution in [0.4, 0.5) is 0 Å². The van der Waals surface area contributed by atoms with Crippen LogP contribution in [0, 0.1) is 17.4 Å². The fourth-order valence-corrected chi connectivity index (χ4v) is 0.866. The first-order valence-electron chi connectivity index (χ1n) is 2.85. The molecule has 1 aromatic rings. The van der Waals surface area contributed by atoms with Crippen LogP contribution in [0.5, 0.6) is 0 Å². The molecule has 0 heterocycles. The van der Waals surface area contributed by atoms with Crippen molar-refractivity contribution in [3.63, 3.8) is 0 Å². The monoisotopic (exact) mass is 164 g/mol. The first-order valence-corrected chi connectivity index (χ1v) is 3.23. The van der Waals surface area contributed by atoms with E-state index in [0.717, 1.165) is 0 Å². The predicted octanol–water partition coefficient (Wildman–Crippen LogP) is 1.85. The average Bonchev–Trinajstić information content (AvgIpc) is 2.04. The lowest BCUT2D eigenvalue weighted by molar-refractivity contribution is 0.105. The fourth-order valence-electron chi connectivity index (χ4n) is 0.654. The SMILES string of the molecule is N#CC(=O)c1cc[c]cc1Cl. The number of hydrogen-bond acceptors (Lipinski definition) is 2. The van der Waals surface area contributed by atoms with E-state index in [4.69, 9.17) is 16.9 Å². The predicted molar refractivity (Wildman–Crippen MR) is 40.2 cm³/mol. The number of halogens is 1. The third kappa shape index (κ3) is 1.57. The topological polar surface area (TPSA) is 40.9 Å². The van der Waals surface area contributed by atoms with Crippen molar-refractivity contribution in [1.82, 2.24) is 0 Å². The van der Waals surface area contributed by atoms with Crippen molar-refractivity contribution in [2.45, 2.75) is 0 Å². The van der Waals surface area contributed by atoms with E-state index in [1.807, 2.05) is 0 Å². The molecule has 0 aliphatic rings. The lowest BCUT2D eigenvalue weighted by atomic mass is 10.1. The number of nitriles is 1. The Morgan fingerprint density at radius 2 is 2.45 bits per heavy atom. The Bertz CT molecular complexity index is 327. The molecule has 53 valence electrons. The molecule has 1 radical (unpaired) electrons. The van der Waals surface area contributed by atoms with Crippen LogP contribution in [-0.2, 0) is 0 Å².